The van der Waals surface area contributed by atoms with Crippen molar-refractivity contribution >= 4 is 36.1 Å². The van der Waals surface area contributed by atoms with Crippen LogP contribution in [0.2, 0.25) is 0 Å². The molecule has 1 saturated heterocycles. The van der Waals surface area contributed by atoms with E-state index in [1.807, 2.05) is 86.7 Å². The number of hydrogen-bond acceptors (Lipinski definition) is 5. The second kappa shape index (κ2) is 10.2. The predicted octanol–water partition coefficient (Wildman–Crippen LogP) is 4.99. The standard InChI is InChI=1S/C30H25N3O4/c1-20(17-22-11-5-3-6-12-22)19-31-32-26(21(2)18-23-13-7-4-8-14-23)27(30(32)36)37-33-28(34)24-15-9-10-16-25(24)29(33)35/h3-19,26-27H,1-2H3/b20-17+,21-18+,31-19-/t26-,27-/m0/s1. The third kappa shape index (κ3) is 4.77. The highest BCUT2D eigenvalue weighted by atomic mass is 16.7. The lowest BCUT2D eigenvalue weighted by Crippen LogP contribution is -2.65. The molecule has 2 heterocycles. The number of imide groups is 1. The maximum Gasteiger partial charge on any atom is 0.285 e. The van der Waals surface area contributed by atoms with Crippen LogP contribution in [0.15, 0.2) is 101 Å². The van der Waals surface area contributed by atoms with Gasteiger partial charge in [-0.05, 0) is 48.3 Å². The lowest BCUT2D eigenvalue weighted by molar-refractivity contribution is -0.204. The van der Waals surface area contributed by atoms with Crippen molar-refractivity contribution in [3.05, 3.63) is 118 Å². The molecule has 0 aliphatic carbocycles. The maximum absolute atomic E-state index is 13.2. The minimum absolute atomic E-state index is 0.254. The van der Waals surface area contributed by atoms with Gasteiger partial charge in [0.2, 0.25) is 0 Å². The van der Waals surface area contributed by atoms with Crippen LogP contribution in [-0.2, 0) is 9.63 Å². The first-order valence-corrected chi connectivity index (χ1v) is 11.9. The van der Waals surface area contributed by atoms with E-state index in [1.165, 1.54) is 5.01 Å². The Balaban J connectivity index is 1.41. The van der Waals surface area contributed by atoms with Gasteiger partial charge in [-0.25, -0.2) is 9.85 Å². The Morgan fingerprint density at radius 3 is 1.84 bits per heavy atom. The van der Waals surface area contributed by atoms with Crippen molar-refractivity contribution in [3.8, 4) is 0 Å². The summed E-state index contributed by atoms with van der Waals surface area (Å²) in [6, 6.07) is 25.4. The molecule has 3 aromatic carbocycles. The van der Waals surface area contributed by atoms with Gasteiger partial charge in [0.1, 0.15) is 6.04 Å². The molecule has 0 spiro atoms. The molecule has 1 fully saturated rings. The Labute approximate surface area is 214 Å². The van der Waals surface area contributed by atoms with E-state index in [9.17, 15) is 14.4 Å². The van der Waals surface area contributed by atoms with E-state index in [4.69, 9.17) is 4.84 Å². The van der Waals surface area contributed by atoms with Crippen LogP contribution in [0.3, 0.4) is 0 Å². The van der Waals surface area contributed by atoms with E-state index in [0.717, 1.165) is 22.3 Å². The molecule has 2 aliphatic heterocycles. The number of benzene rings is 3. The highest BCUT2D eigenvalue weighted by molar-refractivity contribution is 6.20. The monoisotopic (exact) mass is 491 g/mol. The molecule has 0 unspecified atom stereocenters. The molecule has 5 rings (SSSR count). The number of β-lactam (4-membered cyclic amide) rings is 1. The van der Waals surface area contributed by atoms with Crippen LogP contribution in [-0.4, -0.2) is 46.2 Å². The quantitative estimate of drug-likeness (QED) is 0.265. The second-order valence-electron chi connectivity index (χ2n) is 8.95. The molecular formula is C30H25N3O4. The van der Waals surface area contributed by atoms with Crippen molar-refractivity contribution in [3.63, 3.8) is 0 Å². The zero-order valence-corrected chi connectivity index (χ0v) is 20.4. The second-order valence-corrected chi connectivity index (χ2v) is 8.95. The maximum atomic E-state index is 13.2. The van der Waals surface area contributed by atoms with Gasteiger partial charge in [-0.1, -0.05) is 84.9 Å². The summed E-state index contributed by atoms with van der Waals surface area (Å²) >= 11 is 0. The lowest BCUT2D eigenvalue weighted by Gasteiger charge is -2.44. The van der Waals surface area contributed by atoms with Gasteiger partial charge in [-0.2, -0.15) is 5.10 Å². The van der Waals surface area contributed by atoms with Crippen LogP contribution in [0.25, 0.3) is 12.2 Å². The molecule has 0 N–H and O–H groups in total. The first-order valence-electron chi connectivity index (χ1n) is 11.9. The van der Waals surface area contributed by atoms with Gasteiger partial charge in [-0.15, -0.1) is 5.06 Å². The Morgan fingerprint density at radius 1 is 0.757 bits per heavy atom. The zero-order valence-electron chi connectivity index (χ0n) is 20.4. The number of hydrogen-bond donors (Lipinski definition) is 0. The molecular weight excluding hydrogens is 466 g/mol. The summed E-state index contributed by atoms with van der Waals surface area (Å²) < 4.78 is 0. The molecule has 37 heavy (non-hydrogen) atoms. The van der Waals surface area contributed by atoms with Crippen molar-refractivity contribution in [1.82, 2.24) is 10.1 Å². The fourth-order valence-electron chi connectivity index (χ4n) is 4.39. The number of allylic oxidation sites excluding steroid dienone is 1. The average molecular weight is 492 g/mol. The van der Waals surface area contributed by atoms with Crippen LogP contribution in [0.5, 0.6) is 0 Å². The number of hydroxylamine groups is 2. The number of carbonyl (C=O) groups is 3. The van der Waals surface area contributed by atoms with Crippen molar-refractivity contribution in [2.45, 2.75) is 26.0 Å². The van der Waals surface area contributed by atoms with Crippen LogP contribution >= 0.6 is 0 Å². The minimum atomic E-state index is -1.07. The van der Waals surface area contributed by atoms with Crippen molar-refractivity contribution in [2.24, 2.45) is 5.10 Å². The van der Waals surface area contributed by atoms with E-state index < -0.39 is 29.9 Å². The van der Waals surface area contributed by atoms with Gasteiger partial charge in [0.15, 0.2) is 6.10 Å². The zero-order chi connectivity index (χ0) is 25.9. The van der Waals surface area contributed by atoms with E-state index in [1.54, 1.807) is 30.5 Å². The molecule has 7 heteroatoms. The van der Waals surface area contributed by atoms with E-state index in [0.29, 0.717) is 5.06 Å². The summed E-state index contributed by atoms with van der Waals surface area (Å²) in [7, 11) is 0. The van der Waals surface area contributed by atoms with Crippen LogP contribution in [0.4, 0.5) is 0 Å². The minimum Gasteiger partial charge on any atom is -0.270 e. The SMILES string of the molecule is CC(/C=N\N1C(=O)[C@@H](ON2C(=O)c3ccccc3C2=O)[C@@H]1/C(C)=C/c1ccccc1)=C\c1ccccc1. The number of amides is 3. The number of rotatable bonds is 7. The van der Waals surface area contributed by atoms with Gasteiger partial charge in [0, 0.05) is 0 Å². The van der Waals surface area contributed by atoms with Gasteiger partial charge in [0.25, 0.3) is 17.7 Å². The Kier molecular flexibility index (Phi) is 6.62. The van der Waals surface area contributed by atoms with Crippen LogP contribution in [0.1, 0.15) is 45.7 Å². The first kappa shape index (κ1) is 24.1. The molecule has 0 bridgehead atoms. The molecule has 2 atom stereocenters. The molecule has 0 saturated carbocycles. The first-order chi connectivity index (χ1) is 17.9. The molecule has 0 radical (unpaired) electrons. The van der Waals surface area contributed by atoms with Crippen molar-refractivity contribution in [1.29, 1.82) is 0 Å². The highest BCUT2D eigenvalue weighted by Gasteiger charge is 2.53. The third-order valence-electron chi connectivity index (χ3n) is 6.24. The number of nitrogens with zero attached hydrogens (tertiary/aromatic N) is 3. The summed E-state index contributed by atoms with van der Waals surface area (Å²) in [5, 5.41) is 6.46. The van der Waals surface area contributed by atoms with E-state index in [2.05, 4.69) is 5.10 Å². The van der Waals surface area contributed by atoms with Crippen molar-refractivity contribution < 1.29 is 19.2 Å². The summed E-state index contributed by atoms with van der Waals surface area (Å²) in [5.74, 6) is -1.60. The van der Waals surface area contributed by atoms with Crippen LogP contribution in [0, 0.1) is 0 Å². The largest absolute Gasteiger partial charge is 0.285 e. The van der Waals surface area contributed by atoms with Crippen LogP contribution < -0.4 is 0 Å². The lowest BCUT2D eigenvalue weighted by atomic mass is 9.92. The average Bonchev–Trinajstić information content (AvgIpc) is 3.15. The highest BCUT2D eigenvalue weighted by Crippen LogP contribution is 2.33. The molecule has 184 valence electrons. The third-order valence-corrected chi connectivity index (χ3v) is 6.24. The summed E-state index contributed by atoms with van der Waals surface area (Å²) in [5.41, 5.74) is 4.13. The topological polar surface area (TPSA) is 79.3 Å². The Hall–Kier alpha value is -4.62. The van der Waals surface area contributed by atoms with Gasteiger partial charge in [-0.3, -0.25) is 14.4 Å². The summed E-state index contributed by atoms with van der Waals surface area (Å²) in [4.78, 5) is 44.6. The van der Waals surface area contributed by atoms with E-state index in [-0.39, 0.29) is 11.1 Å². The number of hydrazone groups is 1. The Morgan fingerprint density at radius 2 is 1.27 bits per heavy atom. The molecule has 3 aromatic rings. The van der Waals surface area contributed by atoms with Gasteiger partial charge in [0.05, 0.1) is 17.3 Å². The Bertz CT molecular complexity index is 1410. The van der Waals surface area contributed by atoms with Gasteiger partial charge >= 0.3 is 0 Å². The molecule has 7 nitrogen and oxygen atoms in total. The molecule has 2 aliphatic rings. The predicted molar refractivity (Wildman–Crippen MR) is 141 cm³/mol. The summed E-state index contributed by atoms with van der Waals surface area (Å²) in [6.45, 7) is 3.77. The molecule has 0 aromatic heterocycles. The summed E-state index contributed by atoms with van der Waals surface area (Å²) in [6.07, 6.45) is 4.44. The number of fused-ring (bicyclic) bond motifs is 1. The number of carbonyl (C=O) groups excluding carboxylic acids is 3. The fourth-order valence-corrected chi connectivity index (χ4v) is 4.39. The van der Waals surface area contributed by atoms with Gasteiger partial charge < -0.3 is 0 Å². The smallest absolute Gasteiger partial charge is 0.270 e. The van der Waals surface area contributed by atoms with E-state index >= 15 is 0 Å². The molecule has 3 amide bonds. The fraction of sp³-hybridized carbons (Fsp3) is 0.133. The van der Waals surface area contributed by atoms with Crippen molar-refractivity contribution in [2.75, 3.05) is 0 Å². The normalized spacial score (nSPS) is 20.0.